The Balaban J connectivity index is 1.83. The maximum Gasteiger partial charge on any atom is 0.282 e. The number of carbonyl (C=O) groups is 1. The van der Waals surface area contributed by atoms with Crippen LogP contribution in [0.15, 0.2) is 89.6 Å². The van der Waals surface area contributed by atoms with E-state index < -0.39 is 0 Å². The number of hydrogen-bond acceptors (Lipinski definition) is 2. The lowest BCUT2D eigenvalue weighted by molar-refractivity contribution is -0.113. The Bertz CT molecular complexity index is 1060. The molecule has 0 bridgehead atoms. The van der Waals surface area contributed by atoms with E-state index in [4.69, 9.17) is 23.2 Å². The fraction of sp³-hybridized carbons (Fsp3) is 0. The van der Waals surface area contributed by atoms with E-state index in [1.54, 1.807) is 29.2 Å². The molecule has 0 N–H and O–H groups in total. The van der Waals surface area contributed by atoms with Crippen molar-refractivity contribution in [2.75, 3.05) is 4.90 Å². The number of benzene rings is 3. The fourth-order valence-electron chi connectivity index (χ4n) is 2.88. The summed E-state index contributed by atoms with van der Waals surface area (Å²) in [4.78, 5) is 19.4. The van der Waals surface area contributed by atoms with Crippen LogP contribution in [0.5, 0.6) is 0 Å². The number of carbonyl (C=O) groups excluding carboxylic acids is 1. The van der Waals surface area contributed by atoms with Gasteiger partial charge < -0.3 is 0 Å². The molecule has 0 atom stereocenters. The first-order chi connectivity index (χ1) is 13.1. The van der Waals surface area contributed by atoms with Crippen LogP contribution in [-0.2, 0) is 4.79 Å². The average Bonchev–Trinajstić information content (AvgIpc) is 3.02. The summed E-state index contributed by atoms with van der Waals surface area (Å²) in [6.07, 6.45) is 1.69. The summed E-state index contributed by atoms with van der Waals surface area (Å²) in [5.74, 6) is 0.384. The zero-order chi connectivity index (χ0) is 18.8. The van der Waals surface area contributed by atoms with Crippen LogP contribution in [0, 0.1) is 0 Å². The molecule has 3 nitrogen and oxygen atoms in total. The van der Waals surface area contributed by atoms with Crippen molar-refractivity contribution < 1.29 is 4.79 Å². The van der Waals surface area contributed by atoms with Gasteiger partial charge in [0.05, 0.1) is 5.69 Å². The molecule has 4 rings (SSSR count). The number of amides is 1. The quantitative estimate of drug-likeness (QED) is 0.516. The Labute approximate surface area is 167 Å². The van der Waals surface area contributed by atoms with Crippen LogP contribution < -0.4 is 4.90 Å². The minimum Gasteiger partial charge on any atom is -0.266 e. The summed E-state index contributed by atoms with van der Waals surface area (Å²) in [7, 11) is 0. The number of nitrogens with zero attached hydrogens (tertiary/aromatic N) is 2. The lowest BCUT2D eigenvalue weighted by Gasteiger charge is -2.18. The minimum atomic E-state index is -0.203. The smallest absolute Gasteiger partial charge is 0.266 e. The maximum absolute atomic E-state index is 13.1. The van der Waals surface area contributed by atoms with E-state index in [-0.39, 0.29) is 5.91 Å². The van der Waals surface area contributed by atoms with E-state index >= 15 is 0 Å². The van der Waals surface area contributed by atoms with Crippen molar-refractivity contribution in [1.82, 2.24) is 0 Å². The normalized spacial score (nSPS) is 15.3. The monoisotopic (exact) mass is 392 g/mol. The molecule has 1 heterocycles. The van der Waals surface area contributed by atoms with Crippen molar-refractivity contribution in [3.63, 3.8) is 0 Å². The Kier molecular flexibility index (Phi) is 4.80. The van der Waals surface area contributed by atoms with Gasteiger partial charge in [0.2, 0.25) is 0 Å². The lowest BCUT2D eigenvalue weighted by Crippen LogP contribution is -2.32. The molecule has 3 aromatic carbocycles. The molecule has 0 saturated carbocycles. The van der Waals surface area contributed by atoms with Crippen LogP contribution in [0.25, 0.3) is 6.08 Å². The first-order valence-electron chi connectivity index (χ1n) is 8.34. The molecule has 5 heteroatoms. The highest BCUT2D eigenvalue weighted by molar-refractivity contribution is 6.36. The topological polar surface area (TPSA) is 32.7 Å². The van der Waals surface area contributed by atoms with Gasteiger partial charge >= 0.3 is 0 Å². The zero-order valence-corrected chi connectivity index (χ0v) is 15.7. The summed E-state index contributed by atoms with van der Waals surface area (Å²) < 4.78 is 0. The molecule has 0 fully saturated rings. The van der Waals surface area contributed by atoms with Crippen LogP contribution in [0.1, 0.15) is 11.1 Å². The fourth-order valence-corrected chi connectivity index (χ4v) is 3.34. The van der Waals surface area contributed by atoms with Gasteiger partial charge in [-0.3, -0.25) is 9.69 Å². The van der Waals surface area contributed by atoms with Crippen LogP contribution in [-0.4, -0.2) is 11.7 Å². The van der Waals surface area contributed by atoms with E-state index in [0.29, 0.717) is 27.1 Å². The number of halogens is 2. The van der Waals surface area contributed by atoms with Crippen molar-refractivity contribution in [3.05, 3.63) is 106 Å². The maximum atomic E-state index is 13.1. The van der Waals surface area contributed by atoms with Crippen molar-refractivity contribution in [1.29, 1.82) is 0 Å². The Morgan fingerprint density at radius 3 is 2.19 bits per heavy atom. The van der Waals surface area contributed by atoms with Gasteiger partial charge in [0.15, 0.2) is 0 Å². The van der Waals surface area contributed by atoms with E-state index in [9.17, 15) is 4.79 Å². The van der Waals surface area contributed by atoms with Gasteiger partial charge in [0.1, 0.15) is 11.5 Å². The van der Waals surface area contributed by atoms with E-state index in [1.165, 1.54) is 0 Å². The first kappa shape index (κ1) is 17.5. The molecule has 1 aliphatic heterocycles. The molecule has 0 spiro atoms. The first-order valence-corrected chi connectivity index (χ1v) is 9.09. The predicted molar refractivity (Wildman–Crippen MR) is 111 cm³/mol. The summed E-state index contributed by atoms with van der Waals surface area (Å²) in [6.45, 7) is 0. The molecular formula is C22H14Cl2N2O. The molecule has 0 radical (unpaired) electrons. The van der Waals surface area contributed by atoms with Crippen molar-refractivity contribution in [2.24, 2.45) is 4.99 Å². The van der Waals surface area contributed by atoms with Gasteiger partial charge in [-0.2, -0.15) is 0 Å². The number of hydrogen-bond donors (Lipinski definition) is 0. The van der Waals surface area contributed by atoms with Crippen LogP contribution >= 0.6 is 23.2 Å². The van der Waals surface area contributed by atoms with Gasteiger partial charge in [0, 0.05) is 15.6 Å². The molecule has 1 aliphatic rings. The van der Waals surface area contributed by atoms with Crippen molar-refractivity contribution in [3.8, 4) is 0 Å². The van der Waals surface area contributed by atoms with Gasteiger partial charge in [-0.1, -0.05) is 77.8 Å². The lowest BCUT2D eigenvalue weighted by atomic mass is 10.1. The Hall–Kier alpha value is -2.88. The molecule has 1 amide bonds. The summed E-state index contributed by atoms with van der Waals surface area (Å²) in [5, 5.41) is 1.01. The summed E-state index contributed by atoms with van der Waals surface area (Å²) in [6, 6.07) is 24.2. The van der Waals surface area contributed by atoms with E-state index in [2.05, 4.69) is 4.99 Å². The highest BCUT2D eigenvalue weighted by Crippen LogP contribution is 2.29. The summed E-state index contributed by atoms with van der Waals surface area (Å²) in [5.41, 5.74) is 2.63. The largest absolute Gasteiger partial charge is 0.282 e. The zero-order valence-electron chi connectivity index (χ0n) is 14.1. The third-order valence-electron chi connectivity index (χ3n) is 4.16. The van der Waals surface area contributed by atoms with Crippen molar-refractivity contribution >= 4 is 46.7 Å². The molecule has 0 unspecified atom stereocenters. The number of rotatable bonds is 3. The summed E-state index contributed by atoms with van der Waals surface area (Å²) >= 11 is 12.2. The van der Waals surface area contributed by atoms with Gasteiger partial charge in [0.25, 0.3) is 5.91 Å². The van der Waals surface area contributed by atoms with Crippen LogP contribution in [0.3, 0.4) is 0 Å². The van der Waals surface area contributed by atoms with Crippen molar-refractivity contribution in [2.45, 2.75) is 0 Å². The van der Waals surface area contributed by atoms with Gasteiger partial charge in [-0.05, 0) is 35.9 Å². The van der Waals surface area contributed by atoms with E-state index in [1.807, 2.05) is 60.7 Å². The highest BCUT2D eigenvalue weighted by Gasteiger charge is 2.32. The van der Waals surface area contributed by atoms with Crippen LogP contribution in [0.4, 0.5) is 5.69 Å². The van der Waals surface area contributed by atoms with Gasteiger partial charge in [-0.15, -0.1) is 0 Å². The highest BCUT2D eigenvalue weighted by atomic mass is 35.5. The SMILES string of the molecule is O=C1C(=Cc2ccc(Cl)cc2Cl)N=C(c2ccccc2)N1c1ccccc1. The number of para-hydroxylation sites is 1. The number of aliphatic imine (C=N–C) groups is 1. The second-order valence-corrected chi connectivity index (χ2v) is 6.82. The third-order valence-corrected chi connectivity index (χ3v) is 4.72. The molecule has 27 heavy (non-hydrogen) atoms. The third kappa shape index (κ3) is 3.52. The molecular weight excluding hydrogens is 379 g/mol. The number of amidine groups is 1. The minimum absolute atomic E-state index is 0.203. The average molecular weight is 393 g/mol. The number of anilines is 1. The Morgan fingerprint density at radius 1 is 0.852 bits per heavy atom. The Morgan fingerprint density at radius 2 is 1.52 bits per heavy atom. The van der Waals surface area contributed by atoms with E-state index in [0.717, 1.165) is 11.3 Å². The molecule has 0 aromatic heterocycles. The predicted octanol–water partition coefficient (Wildman–Crippen LogP) is 5.83. The molecule has 3 aromatic rings. The second-order valence-electron chi connectivity index (χ2n) is 5.97. The standard InChI is InChI=1S/C22H14Cl2N2O/c23-17-12-11-16(19(24)14-17)13-20-22(27)26(18-9-5-2-6-10-18)21(25-20)15-7-3-1-4-8-15/h1-14H. The second kappa shape index (κ2) is 7.39. The molecule has 132 valence electrons. The molecule has 0 aliphatic carbocycles. The molecule has 0 saturated heterocycles. The van der Waals surface area contributed by atoms with Gasteiger partial charge in [-0.25, -0.2) is 4.99 Å². The van der Waals surface area contributed by atoms with Crippen LogP contribution in [0.2, 0.25) is 10.0 Å².